The van der Waals surface area contributed by atoms with Crippen molar-refractivity contribution < 1.29 is 5.11 Å². The van der Waals surface area contributed by atoms with E-state index in [9.17, 15) is 5.11 Å². The lowest BCUT2D eigenvalue weighted by molar-refractivity contribution is 0.0419. The molecule has 1 unspecified atom stereocenters. The molecule has 0 amide bonds. The van der Waals surface area contributed by atoms with Gasteiger partial charge in [0.1, 0.15) is 0 Å². The number of nitrogens with one attached hydrogen (secondary N) is 1. The van der Waals surface area contributed by atoms with Gasteiger partial charge in [-0.3, -0.25) is 0 Å². The van der Waals surface area contributed by atoms with Crippen molar-refractivity contribution in [3.63, 3.8) is 0 Å². The molecule has 0 bridgehead atoms. The van der Waals surface area contributed by atoms with Gasteiger partial charge in [0.05, 0.1) is 5.60 Å². The summed E-state index contributed by atoms with van der Waals surface area (Å²) in [5.41, 5.74) is -0.450. The summed E-state index contributed by atoms with van der Waals surface area (Å²) in [6, 6.07) is 0.317. The molecular weight excluding hydrogens is 114 g/mol. The normalized spacial score (nSPS) is 43.7. The smallest absolute Gasteiger partial charge is 0.0771 e. The highest BCUT2D eigenvalue weighted by molar-refractivity contribution is 4.92. The molecule has 2 nitrogen and oxygen atoms in total. The van der Waals surface area contributed by atoms with Gasteiger partial charge in [0.2, 0.25) is 0 Å². The van der Waals surface area contributed by atoms with Crippen molar-refractivity contribution in [2.45, 2.75) is 37.8 Å². The minimum absolute atomic E-state index is 0.317. The summed E-state index contributed by atoms with van der Waals surface area (Å²) in [7, 11) is 1.91. The first kappa shape index (κ1) is 7.03. The van der Waals surface area contributed by atoms with Crippen LogP contribution in [-0.2, 0) is 0 Å². The van der Waals surface area contributed by atoms with E-state index in [1.165, 1.54) is 0 Å². The van der Waals surface area contributed by atoms with E-state index < -0.39 is 5.60 Å². The van der Waals surface area contributed by atoms with Crippen molar-refractivity contribution in [1.29, 1.82) is 0 Å². The van der Waals surface area contributed by atoms with Gasteiger partial charge in [0.25, 0.3) is 0 Å². The molecule has 2 heteroatoms. The van der Waals surface area contributed by atoms with Crippen molar-refractivity contribution in [2.24, 2.45) is 0 Å². The maximum absolute atomic E-state index is 9.59. The topological polar surface area (TPSA) is 32.3 Å². The second-order valence-corrected chi connectivity index (χ2v) is 3.09. The molecule has 1 rings (SSSR count). The summed E-state index contributed by atoms with van der Waals surface area (Å²) in [5.74, 6) is 0. The zero-order valence-corrected chi connectivity index (χ0v) is 6.15. The maximum atomic E-state index is 9.59. The van der Waals surface area contributed by atoms with Gasteiger partial charge in [0.15, 0.2) is 0 Å². The predicted molar refractivity (Wildman–Crippen MR) is 37.3 cm³/mol. The SMILES string of the molecule is CNC1CCC[C@]1(C)O. The molecule has 0 aliphatic heterocycles. The number of hydrogen-bond donors (Lipinski definition) is 2. The van der Waals surface area contributed by atoms with Crippen LogP contribution < -0.4 is 5.32 Å². The molecule has 9 heavy (non-hydrogen) atoms. The van der Waals surface area contributed by atoms with Crippen LogP contribution in [0.25, 0.3) is 0 Å². The van der Waals surface area contributed by atoms with E-state index in [4.69, 9.17) is 0 Å². The van der Waals surface area contributed by atoms with E-state index in [-0.39, 0.29) is 0 Å². The van der Waals surface area contributed by atoms with Gasteiger partial charge >= 0.3 is 0 Å². The predicted octanol–water partition coefficient (Wildman–Crippen LogP) is 0.509. The Hall–Kier alpha value is -0.0800. The lowest BCUT2D eigenvalue weighted by Crippen LogP contribution is -2.42. The third-order valence-corrected chi connectivity index (χ3v) is 2.27. The minimum atomic E-state index is -0.450. The zero-order chi connectivity index (χ0) is 6.91. The van der Waals surface area contributed by atoms with Crippen LogP contribution in [0.3, 0.4) is 0 Å². The summed E-state index contributed by atoms with van der Waals surface area (Å²) in [4.78, 5) is 0. The average Bonchev–Trinajstić information content (AvgIpc) is 2.08. The maximum Gasteiger partial charge on any atom is 0.0771 e. The number of aliphatic hydroxyl groups is 1. The van der Waals surface area contributed by atoms with Crippen LogP contribution in [0.15, 0.2) is 0 Å². The van der Waals surface area contributed by atoms with Crippen molar-refractivity contribution in [3.8, 4) is 0 Å². The Morgan fingerprint density at radius 3 is 2.56 bits per heavy atom. The molecule has 1 aliphatic rings. The van der Waals surface area contributed by atoms with Crippen LogP contribution in [0.5, 0.6) is 0 Å². The zero-order valence-electron chi connectivity index (χ0n) is 6.15. The first-order valence-electron chi connectivity index (χ1n) is 3.56. The quantitative estimate of drug-likeness (QED) is 0.540. The van der Waals surface area contributed by atoms with Gasteiger partial charge in [-0.05, 0) is 33.2 Å². The van der Waals surface area contributed by atoms with Gasteiger partial charge < -0.3 is 10.4 Å². The molecule has 0 aromatic carbocycles. The average molecular weight is 129 g/mol. The fourth-order valence-electron chi connectivity index (χ4n) is 1.60. The third-order valence-electron chi connectivity index (χ3n) is 2.27. The minimum Gasteiger partial charge on any atom is -0.389 e. The standard InChI is InChI=1S/C7H15NO/c1-7(9)5-3-4-6(7)8-2/h6,8-9H,3-5H2,1-2H3/t6?,7-/m0/s1. The van der Waals surface area contributed by atoms with Gasteiger partial charge in [-0.25, -0.2) is 0 Å². The molecule has 0 saturated heterocycles. The van der Waals surface area contributed by atoms with E-state index in [0.29, 0.717) is 6.04 Å². The summed E-state index contributed by atoms with van der Waals surface area (Å²) >= 11 is 0. The van der Waals surface area contributed by atoms with E-state index in [1.54, 1.807) is 0 Å². The molecule has 2 atom stereocenters. The fourth-order valence-corrected chi connectivity index (χ4v) is 1.60. The van der Waals surface area contributed by atoms with Crippen LogP contribution in [0.2, 0.25) is 0 Å². The Morgan fingerprint density at radius 2 is 2.33 bits per heavy atom. The van der Waals surface area contributed by atoms with Gasteiger partial charge in [-0.1, -0.05) is 0 Å². The summed E-state index contributed by atoms with van der Waals surface area (Å²) in [5, 5.41) is 12.7. The lowest BCUT2D eigenvalue weighted by atomic mass is 10.0. The molecule has 2 N–H and O–H groups in total. The number of rotatable bonds is 1. The van der Waals surface area contributed by atoms with Crippen LogP contribution >= 0.6 is 0 Å². The molecular formula is C7H15NO. The summed E-state index contributed by atoms with van der Waals surface area (Å²) in [6.07, 6.45) is 3.21. The highest BCUT2D eigenvalue weighted by Crippen LogP contribution is 2.28. The number of likely N-dealkylation sites (N-methyl/N-ethyl adjacent to an activating group) is 1. The lowest BCUT2D eigenvalue weighted by Gasteiger charge is -2.24. The van der Waals surface area contributed by atoms with E-state index in [1.807, 2.05) is 14.0 Å². The summed E-state index contributed by atoms with van der Waals surface area (Å²) < 4.78 is 0. The molecule has 0 heterocycles. The fraction of sp³-hybridized carbons (Fsp3) is 1.00. The van der Waals surface area contributed by atoms with Crippen molar-refractivity contribution in [2.75, 3.05) is 7.05 Å². The summed E-state index contributed by atoms with van der Waals surface area (Å²) in [6.45, 7) is 1.90. The molecule has 1 fully saturated rings. The van der Waals surface area contributed by atoms with Crippen LogP contribution in [0.1, 0.15) is 26.2 Å². The third kappa shape index (κ3) is 1.25. The first-order valence-corrected chi connectivity index (χ1v) is 3.56. The molecule has 0 radical (unpaired) electrons. The first-order chi connectivity index (χ1) is 4.17. The van der Waals surface area contributed by atoms with E-state index in [2.05, 4.69) is 5.32 Å². The Labute approximate surface area is 56.3 Å². The Bertz CT molecular complexity index is 101. The van der Waals surface area contributed by atoms with Gasteiger partial charge in [-0.15, -0.1) is 0 Å². The van der Waals surface area contributed by atoms with Crippen LogP contribution in [0, 0.1) is 0 Å². The monoisotopic (exact) mass is 129 g/mol. The van der Waals surface area contributed by atoms with E-state index >= 15 is 0 Å². The Balaban J connectivity index is 2.52. The molecule has 54 valence electrons. The van der Waals surface area contributed by atoms with Gasteiger partial charge in [0, 0.05) is 6.04 Å². The Kier molecular flexibility index (Phi) is 1.78. The van der Waals surface area contributed by atoms with Crippen LogP contribution in [-0.4, -0.2) is 23.8 Å². The second-order valence-electron chi connectivity index (χ2n) is 3.09. The molecule has 0 aromatic rings. The molecule has 1 aliphatic carbocycles. The molecule has 0 spiro atoms. The number of hydrogen-bond acceptors (Lipinski definition) is 2. The van der Waals surface area contributed by atoms with Crippen LogP contribution in [0.4, 0.5) is 0 Å². The van der Waals surface area contributed by atoms with Gasteiger partial charge in [-0.2, -0.15) is 0 Å². The molecule has 1 saturated carbocycles. The second kappa shape index (κ2) is 2.27. The Morgan fingerprint density at radius 1 is 1.67 bits per heavy atom. The van der Waals surface area contributed by atoms with E-state index in [0.717, 1.165) is 19.3 Å². The van der Waals surface area contributed by atoms with Crippen molar-refractivity contribution in [1.82, 2.24) is 5.32 Å². The van der Waals surface area contributed by atoms with Crippen molar-refractivity contribution in [3.05, 3.63) is 0 Å². The van der Waals surface area contributed by atoms with Crippen molar-refractivity contribution >= 4 is 0 Å². The molecule has 0 aromatic heterocycles. The highest BCUT2D eigenvalue weighted by atomic mass is 16.3. The highest BCUT2D eigenvalue weighted by Gasteiger charge is 2.35. The largest absolute Gasteiger partial charge is 0.389 e.